The molecule has 0 unspecified atom stereocenters. The molecule has 0 atom stereocenters. The zero-order chi connectivity index (χ0) is 16.9. The summed E-state index contributed by atoms with van der Waals surface area (Å²) in [6.07, 6.45) is 5.41. The molecule has 6 heteroatoms. The number of carbonyl (C=O) groups excluding carboxylic acids is 1. The number of hydrogen-bond donors (Lipinski definition) is 1. The van der Waals surface area contributed by atoms with Crippen LogP contribution >= 0.6 is 0 Å². The molecule has 6 nitrogen and oxygen atoms in total. The summed E-state index contributed by atoms with van der Waals surface area (Å²) in [5.41, 5.74) is 2.25. The number of nitrogens with one attached hydrogen (secondary N) is 1. The Hall–Kier alpha value is -2.63. The molecule has 3 heterocycles. The van der Waals surface area contributed by atoms with E-state index in [0.29, 0.717) is 13.1 Å². The Kier molecular flexibility index (Phi) is 4.93. The van der Waals surface area contributed by atoms with Crippen molar-refractivity contribution in [2.75, 3.05) is 18.0 Å². The van der Waals surface area contributed by atoms with Gasteiger partial charge in [0.2, 0.25) is 0 Å². The van der Waals surface area contributed by atoms with Crippen LogP contribution in [0.25, 0.3) is 0 Å². The van der Waals surface area contributed by atoms with Crippen molar-refractivity contribution >= 4 is 11.8 Å². The smallest absolute Gasteiger partial charge is 0.317 e. The SMILES string of the molecule is CC(C)NC(=O)N1CCN(Cc2ccncc2)c2ncccc2C1. The molecule has 0 saturated carbocycles. The maximum absolute atomic E-state index is 12.4. The minimum absolute atomic E-state index is 0.0226. The predicted molar refractivity (Wildman–Crippen MR) is 93.6 cm³/mol. The van der Waals surface area contributed by atoms with Crippen LogP contribution in [0.2, 0.25) is 0 Å². The monoisotopic (exact) mass is 325 g/mol. The van der Waals surface area contributed by atoms with E-state index in [9.17, 15) is 4.79 Å². The Morgan fingerprint density at radius 2 is 2.00 bits per heavy atom. The molecule has 2 aromatic rings. The molecule has 1 aliphatic rings. The van der Waals surface area contributed by atoms with Gasteiger partial charge in [-0.15, -0.1) is 0 Å². The first-order valence-electron chi connectivity index (χ1n) is 8.26. The minimum atomic E-state index is -0.0226. The first-order chi connectivity index (χ1) is 11.6. The predicted octanol–water partition coefficient (Wildman–Crippen LogP) is 2.42. The lowest BCUT2D eigenvalue weighted by Crippen LogP contribution is -2.44. The molecule has 1 N–H and O–H groups in total. The van der Waals surface area contributed by atoms with Gasteiger partial charge in [0.25, 0.3) is 0 Å². The van der Waals surface area contributed by atoms with Crippen LogP contribution in [0, 0.1) is 0 Å². The lowest BCUT2D eigenvalue weighted by Gasteiger charge is -2.24. The van der Waals surface area contributed by atoms with E-state index < -0.39 is 0 Å². The summed E-state index contributed by atoms with van der Waals surface area (Å²) in [5.74, 6) is 0.953. The second-order valence-electron chi connectivity index (χ2n) is 6.29. The second kappa shape index (κ2) is 7.29. The van der Waals surface area contributed by atoms with Gasteiger partial charge in [-0.2, -0.15) is 0 Å². The molecule has 3 rings (SSSR count). The van der Waals surface area contributed by atoms with Gasteiger partial charge >= 0.3 is 6.03 Å². The zero-order valence-electron chi connectivity index (χ0n) is 14.1. The van der Waals surface area contributed by atoms with Crippen LogP contribution < -0.4 is 10.2 Å². The highest BCUT2D eigenvalue weighted by molar-refractivity contribution is 5.75. The average molecular weight is 325 g/mol. The summed E-state index contributed by atoms with van der Waals surface area (Å²) < 4.78 is 0. The van der Waals surface area contributed by atoms with Crippen LogP contribution in [0.3, 0.4) is 0 Å². The molecule has 0 spiro atoms. The van der Waals surface area contributed by atoms with Gasteiger partial charge in [0.15, 0.2) is 0 Å². The maximum Gasteiger partial charge on any atom is 0.317 e. The molecule has 0 radical (unpaired) electrons. The summed E-state index contributed by atoms with van der Waals surface area (Å²) in [7, 11) is 0. The quantitative estimate of drug-likeness (QED) is 0.941. The number of fused-ring (bicyclic) bond motifs is 1. The van der Waals surface area contributed by atoms with Crippen LogP contribution in [0.4, 0.5) is 10.6 Å². The molecule has 126 valence electrons. The number of urea groups is 1. The summed E-state index contributed by atoms with van der Waals surface area (Å²) in [6, 6.07) is 8.09. The van der Waals surface area contributed by atoms with E-state index in [0.717, 1.165) is 24.5 Å². The van der Waals surface area contributed by atoms with E-state index in [4.69, 9.17) is 0 Å². The summed E-state index contributed by atoms with van der Waals surface area (Å²) >= 11 is 0. The number of aromatic nitrogens is 2. The van der Waals surface area contributed by atoms with E-state index >= 15 is 0 Å². The second-order valence-corrected chi connectivity index (χ2v) is 6.29. The van der Waals surface area contributed by atoms with Gasteiger partial charge in [-0.25, -0.2) is 9.78 Å². The molecule has 24 heavy (non-hydrogen) atoms. The van der Waals surface area contributed by atoms with Crippen LogP contribution in [-0.4, -0.2) is 40.0 Å². The summed E-state index contributed by atoms with van der Waals surface area (Å²) in [4.78, 5) is 25.1. The van der Waals surface area contributed by atoms with Gasteiger partial charge in [0.1, 0.15) is 5.82 Å². The van der Waals surface area contributed by atoms with E-state index in [1.54, 1.807) is 12.4 Å². The number of anilines is 1. The lowest BCUT2D eigenvalue weighted by molar-refractivity contribution is 0.195. The third-order valence-corrected chi connectivity index (χ3v) is 3.99. The Labute approximate surface area is 142 Å². The maximum atomic E-state index is 12.4. The summed E-state index contributed by atoms with van der Waals surface area (Å²) in [5, 5.41) is 2.98. The standard InChI is InChI=1S/C18H23N5O/c1-14(2)21-18(24)23-11-10-22(12-15-5-8-19-9-6-15)17-16(13-23)4-3-7-20-17/h3-9,14H,10-13H2,1-2H3,(H,21,24). The first kappa shape index (κ1) is 16.2. The van der Waals surface area contributed by atoms with Crippen molar-refractivity contribution in [3.05, 3.63) is 54.0 Å². The zero-order valence-corrected chi connectivity index (χ0v) is 14.1. The molecular weight excluding hydrogens is 302 g/mol. The third kappa shape index (κ3) is 3.82. The molecule has 2 aromatic heterocycles. The molecule has 1 aliphatic heterocycles. The minimum Gasteiger partial charge on any atom is -0.350 e. The molecule has 2 amide bonds. The average Bonchev–Trinajstić information content (AvgIpc) is 2.75. The Bertz CT molecular complexity index is 689. The van der Waals surface area contributed by atoms with E-state index in [1.165, 1.54) is 5.56 Å². The van der Waals surface area contributed by atoms with Crippen molar-refractivity contribution in [2.45, 2.75) is 33.0 Å². The van der Waals surface area contributed by atoms with Crippen molar-refractivity contribution < 1.29 is 4.79 Å². The van der Waals surface area contributed by atoms with Crippen molar-refractivity contribution in [3.63, 3.8) is 0 Å². The third-order valence-electron chi connectivity index (χ3n) is 3.99. The number of amides is 2. The van der Waals surface area contributed by atoms with Crippen LogP contribution in [0.15, 0.2) is 42.9 Å². The molecule has 0 fully saturated rings. The fraction of sp³-hybridized carbons (Fsp3) is 0.389. The number of rotatable bonds is 3. The van der Waals surface area contributed by atoms with Crippen molar-refractivity contribution in [1.82, 2.24) is 20.2 Å². The number of nitrogens with zero attached hydrogens (tertiary/aromatic N) is 4. The Balaban J connectivity index is 1.82. The van der Waals surface area contributed by atoms with Crippen LogP contribution in [0.5, 0.6) is 0 Å². The number of pyridine rings is 2. The van der Waals surface area contributed by atoms with Gasteiger partial charge in [-0.3, -0.25) is 4.98 Å². The van der Waals surface area contributed by atoms with Gasteiger partial charge in [0.05, 0.1) is 6.54 Å². The first-order valence-corrected chi connectivity index (χ1v) is 8.26. The van der Waals surface area contributed by atoms with Gasteiger partial charge < -0.3 is 15.1 Å². The Morgan fingerprint density at radius 1 is 1.21 bits per heavy atom. The normalized spacial score (nSPS) is 14.3. The van der Waals surface area contributed by atoms with Crippen LogP contribution in [-0.2, 0) is 13.1 Å². The molecule has 0 aromatic carbocycles. The van der Waals surface area contributed by atoms with Crippen molar-refractivity contribution in [1.29, 1.82) is 0 Å². The van der Waals surface area contributed by atoms with Gasteiger partial charge in [-0.05, 0) is 37.6 Å². The van der Waals surface area contributed by atoms with E-state index in [1.807, 2.05) is 49.2 Å². The Morgan fingerprint density at radius 3 is 2.75 bits per heavy atom. The summed E-state index contributed by atoms with van der Waals surface area (Å²) in [6.45, 7) is 6.69. The lowest BCUT2D eigenvalue weighted by atomic mass is 10.2. The molecular formula is C18H23N5O. The van der Waals surface area contributed by atoms with Gasteiger partial charge in [0, 0.05) is 49.8 Å². The molecule has 0 saturated heterocycles. The van der Waals surface area contributed by atoms with Crippen molar-refractivity contribution in [2.24, 2.45) is 0 Å². The van der Waals surface area contributed by atoms with E-state index in [2.05, 4.69) is 20.2 Å². The van der Waals surface area contributed by atoms with Crippen molar-refractivity contribution in [3.8, 4) is 0 Å². The number of carbonyl (C=O) groups is 1. The highest BCUT2D eigenvalue weighted by Crippen LogP contribution is 2.24. The molecule has 0 bridgehead atoms. The highest BCUT2D eigenvalue weighted by Gasteiger charge is 2.24. The highest BCUT2D eigenvalue weighted by atomic mass is 16.2. The topological polar surface area (TPSA) is 61.4 Å². The fourth-order valence-electron chi connectivity index (χ4n) is 2.84. The van der Waals surface area contributed by atoms with Crippen LogP contribution in [0.1, 0.15) is 25.0 Å². The molecule has 0 aliphatic carbocycles. The fourth-order valence-corrected chi connectivity index (χ4v) is 2.84. The van der Waals surface area contributed by atoms with E-state index in [-0.39, 0.29) is 12.1 Å². The number of hydrogen-bond acceptors (Lipinski definition) is 4. The largest absolute Gasteiger partial charge is 0.350 e. The van der Waals surface area contributed by atoms with Gasteiger partial charge in [-0.1, -0.05) is 6.07 Å².